The van der Waals surface area contributed by atoms with Crippen molar-refractivity contribution in [2.75, 3.05) is 24.6 Å². The van der Waals surface area contributed by atoms with E-state index in [4.69, 9.17) is 11.5 Å². The molecule has 0 aliphatic heterocycles. The number of nitrogens with one attached hydrogen (secondary N) is 2. The minimum absolute atomic E-state index is 0.231. The average molecular weight is 306 g/mol. The largest absolute Gasteiger partial charge is 0.478 e. The molecular weight excluding hydrogens is 288 g/mol. The Morgan fingerprint density at radius 1 is 1.29 bits per heavy atom. The van der Waals surface area contributed by atoms with Crippen molar-refractivity contribution in [2.24, 2.45) is 0 Å². The second-order valence-electron chi connectivity index (χ2n) is 4.19. The third-order valence-electron chi connectivity index (χ3n) is 2.59. The summed E-state index contributed by atoms with van der Waals surface area (Å²) >= 11 is 1.59. The molecule has 1 aromatic rings. The molecule has 0 spiro atoms. The summed E-state index contributed by atoms with van der Waals surface area (Å²) in [5.41, 5.74) is 1.13. The zero-order valence-electron chi connectivity index (χ0n) is 11.6. The number of thioether (sulfide) groups is 1. The second-order valence-corrected chi connectivity index (χ2v) is 5.30. The van der Waals surface area contributed by atoms with E-state index in [0.717, 1.165) is 11.3 Å². The zero-order valence-corrected chi connectivity index (χ0v) is 12.4. The number of urea groups is 1. The number of amides is 2. The number of rotatable bonds is 8. The van der Waals surface area contributed by atoms with E-state index < -0.39 is 5.97 Å². The topological polar surface area (TPSA) is 78.4 Å². The zero-order chi connectivity index (χ0) is 15.5. The van der Waals surface area contributed by atoms with Gasteiger partial charge in [0.15, 0.2) is 0 Å². The van der Waals surface area contributed by atoms with Crippen LogP contribution in [0.25, 0.3) is 0 Å². The van der Waals surface area contributed by atoms with Crippen LogP contribution in [0.15, 0.2) is 24.3 Å². The summed E-state index contributed by atoms with van der Waals surface area (Å²) in [6.07, 6.45) is 5.70. The molecular formula is C15H18N2O3S. The number of carbonyl (C=O) groups is 2. The molecule has 112 valence electrons. The Morgan fingerprint density at radius 3 is 2.76 bits per heavy atom. The molecule has 1 rings (SSSR count). The fourth-order valence-corrected chi connectivity index (χ4v) is 2.12. The van der Waals surface area contributed by atoms with Gasteiger partial charge >= 0.3 is 12.0 Å². The van der Waals surface area contributed by atoms with Crippen LogP contribution in [-0.2, 0) is 6.42 Å². The summed E-state index contributed by atoms with van der Waals surface area (Å²) in [7, 11) is 0. The molecule has 0 bridgehead atoms. The molecule has 3 N–H and O–H groups in total. The maximum atomic E-state index is 11.5. The number of hydrogen-bond acceptors (Lipinski definition) is 3. The lowest BCUT2D eigenvalue weighted by atomic mass is 10.1. The highest BCUT2D eigenvalue weighted by Crippen LogP contribution is 2.05. The van der Waals surface area contributed by atoms with E-state index in [2.05, 4.69) is 16.6 Å². The highest BCUT2D eigenvalue weighted by Gasteiger charge is 2.04. The molecule has 6 heteroatoms. The van der Waals surface area contributed by atoms with Gasteiger partial charge in [-0.25, -0.2) is 9.59 Å². The molecule has 0 saturated carbocycles. The molecule has 0 unspecified atom stereocenters. The lowest BCUT2D eigenvalue weighted by molar-refractivity contribution is 0.0696. The first-order valence-corrected chi connectivity index (χ1v) is 7.64. The van der Waals surface area contributed by atoms with Gasteiger partial charge in [0.1, 0.15) is 0 Å². The van der Waals surface area contributed by atoms with Gasteiger partial charge in [-0.2, -0.15) is 0 Å². The number of hydrogen-bond donors (Lipinski definition) is 3. The van der Waals surface area contributed by atoms with Crippen molar-refractivity contribution in [2.45, 2.75) is 6.42 Å². The first kappa shape index (κ1) is 16.9. The number of benzene rings is 1. The Labute approximate surface area is 128 Å². The monoisotopic (exact) mass is 306 g/mol. The van der Waals surface area contributed by atoms with E-state index in [0.29, 0.717) is 25.3 Å². The predicted octanol–water partition coefficient (Wildman–Crippen LogP) is 1.59. The van der Waals surface area contributed by atoms with Crippen molar-refractivity contribution in [3.63, 3.8) is 0 Å². The molecule has 0 aliphatic rings. The molecule has 21 heavy (non-hydrogen) atoms. The lowest BCUT2D eigenvalue weighted by Gasteiger charge is -2.07. The van der Waals surface area contributed by atoms with Crippen LogP contribution in [0.1, 0.15) is 15.9 Å². The van der Waals surface area contributed by atoms with E-state index in [1.807, 2.05) is 6.07 Å². The molecule has 0 radical (unpaired) electrons. The van der Waals surface area contributed by atoms with Crippen molar-refractivity contribution < 1.29 is 14.7 Å². The van der Waals surface area contributed by atoms with Crippen LogP contribution in [0.5, 0.6) is 0 Å². The second kappa shape index (κ2) is 9.72. The standard InChI is InChI=1S/C15H18N2O3S/c1-2-9-21-10-8-17-15(20)16-7-6-12-4-3-5-13(11-12)14(18)19/h1,3-5,11H,6-10H2,(H,18,19)(H2,16,17,20). The summed E-state index contributed by atoms with van der Waals surface area (Å²) in [4.78, 5) is 22.3. The van der Waals surface area contributed by atoms with Crippen molar-refractivity contribution in [1.82, 2.24) is 10.6 Å². The Bertz CT molecular complexity index is 526. The van der Waals surface area contributed by atoms with Gasteiger partial charge in [-0.3, -0.25) is 0 Å². The summed E-state index contributed by atoms with van der Waals surface area (Å²) in [6, 6.07) is 6.45. The van der Waals surface area contributed by atoms with Crippen LogP contribution >= 0.6 is 11.8 Å². The van der Waals surface area contributed by atoms with E-state index in [1.54, 1.807) is 30.0 Å². The number of aromatic carboxylic acids is 1. The van der Waals surface area contributed by atoms with Gasteiger partial charge in [0.25, 0.3) is 0 Å². The van der Waals surface area contributed by atoms with Crippen LogP contribution in [0, 0.1) is 12.3 Å². The van der Waals surface area contributed by atoms with Gasteiger partial charge in [0.2, 0.25) is 0 Å². The smallest absolute Gasteiger partial charge is 0.335 e. The van der Waals surface area contributed by atoms with E-state index in [-0.39, 0.29) is 11.6 Å². The van der Waals surface area contributed by atoms with Crippen molar-refractivity contribution >= 4 is 23.8 Å². The van der Waals surface area contributed by atoms with Gasteiger partial charge in [-0.1, -0.05) is 18.1 Å². The SMILES string of the molecule is C#CCSCCNC(=O)NCCc1cccc(C(=O)O)c1. The Hall–Kier alpha value is -2.13. The number of carboxylic acids is 1. The summed E-state index contributed by atoms with van der Waals surface area (Å²) < 4.78 is 0. The third-order valence-corrected chi connectivity index (χ3v) is 3.45. The summed E-state index contributed by atoms with van der Waals surface area (Å²) in [6.45, 7) is 1.01. The van der Waals surface area contributed by atoms with Gasteiger partial charge in [0.05, 0.1) is 11.3 Å². The van der Waals surface area contributed by atoms with Gasteiger partial charge in [-0.05, 0) is 24.1 Å². The first-order chi connectivity index (χ1) is 10.1. The molecule has 0 atom stereocenters. The predicted molar refractivity (Wildman–Crippen MR) is 84.7 cm³/mol. The van der Waals surface area contributed by atoms with Gasteiger partial charge in [0, 0.05) is 18.8 Å². The molecule has 1 aromatic carbocycles. The first-order valence-electron chi connectivity index (χ1n) is 6.48. The highest BCUT2D eigenvalue weighted by atomic mass is 32.2. The average Bonchev–Trinajstić information content (AvgIpc) is 2.47. The maximum Gasteiger partial charge on any atom is 0.335 e. The van der Waals surface area contributed by atoms with E-state index >= 15 is 0 Å². The van der Waals surface area contributed by atoms with Crippen LogP contribution in [0.2, 0.25) is 0 Å². The van der Waals surface area contributed by atoms with Crippen molar-refractivity contribution in [1.29, 1.82) is 0 Å². The molecule has 2 amide bonds. The van der Waals surface area contributed by atoms with Crippen LogP contribution in [-0.4, -0.2) is 41.7 Å². The van der Waals surface area contributed by atoms with Crippen molar-refractivity contribution in [3.8, 4) is 12.3 Å². The van der Waals surface area contributed by atoms with E-state index in [1.165, 1.54) is 0 Å². The molecule has 0 heterocycles. The normalized spacial score (nSPS) is 9.67. The fourth-order valence-electron chi connectivity index (χ4n) is 1.61. The highest BCUT2D eigenvalue weighted by molar-refractivity contribution is 7.99. The quantitative estimate of drug-likeness (QED) is 0.503. The van der Waals surface area contributed by atoms with Crippen molar-refractivity contribution in [3.05, 3.63) is 35.4 Å². The molecule has 0 saturated heterocycles. The molecule has 0 aromatic heterocycles. The Morgan fingerprint density at radius 2 is 2.05 bits per heavy atom. The van der Waals surface area contributed by atoms with Gasteiger partial charge < -0.3 is 15.7 Å². The minimum Gasteiger partial charge on any atom is -0.478 e. The number of carboxylic acid groups (broad SMARTS) is 1. The van der Waals surface area contributed by atoms with Crippen LogP contribution < -0.4 is 10.6 Å². The molecule has 0 fully saturated rings. The molecule has 5 nitrogen and oxygen atoms in total. The molecule has 0 aliphatic carbocycles. The lowest BCUT2D eigenvalue weighted by Crippen LogP contribution is -2.37. The maximum absolute atomic E-state index is 11.5. The Balaban J connectivity index is 2.21. The Kier molecular flexibility index (Phi) is 7.84. The third kappa shape index (κ3) is 7.28. The van der Waals surface area contributed by atoms with E-state index in [9.17, 15) is 9.59 Å². The van der Waals surface area contributed by atoms with Crippen LogP contribution in [0.3, 0.4) is 0 Å². The van der Waals surface area contributed by atoms with Crippen LogP contribution in [0.4, 0.5) is 4.79 Å². The number of carbonyl (C=O) groups excluding carboxylic acids is 1. The summed E-state index contributed by atoms with van der Waals surface area (Å²) in [5, 5.41) is 14.3. The van der Waals surface area contributed by atoms with Gasteiger partial charge in [-0.15, -0.1) is 18.2 Å². The number of terminal acetylenes is 1. The summed E-state index contributed by atoms with van der Waals surface area (Å²) in [5.74, 6) is 2.98. The fraction of sp³-hybridized carbons (Fsp3) is 0.333. The minimum atomic E-state index is -0.952.